The van der Waals surface area contributed by atoms with Crippen molar-refractivity contribution in [3.8, 4) is 0 Å². The van der Waals surface area contributed by atoms with Gasteiger partial charge in [0.1, 0.15) is 5.60 Å². The number of hydrogen-bond donors (Lipinski definition) is 0. The molecule has 1 heterocycles. The lowest BCUT2D eigenvalue weighted by atomic mass is 10.00. The second-order valence-electron chi connectivity index (χ2n) is 5.70. The minimum Gasteiger partial charge on any atom is -0.469 e. The molecule has 1 aliphatic rings. The number of ether oxygens (including phenoxy) is 2. The molecule has 0 bridgehead atoms. The molecule has 104 valence electrons. The Morgan fingerprint density at radius 1 is 1.33 bits per heavy atom. The van der Waals surface area contributed by atoms with Gasteiger partial charge < -0.3 is 14.4 Å². The third-order valence-electron chi connectivity index (χ3n) is 3.08. The summed E-state index contributed by atoms with van der Waals surface area (Å²) in [5, 5.41) is 0. The molecule has 0 aromatic carbocycles. The molecule has 18 heavy (non-hydrogen) atoms. The van der Waals surface area contributed by atoms with Crippen LogP contribution in [0.25, 0.3) is 0 Å². The number of methoxy groups -OCH3 is 1. The molecular formula is C13H23NO4. The lowest BCUT2D eigenvalue weighted by molar-refractivity contribution is -0.146. The van der Waals surface area contributed by atoms with E-state index in [1.165, 1.54) is 7.11 Å². The first-order valence-electron chi connectivity index (χ1n) is 6.33. The Bertz CT molecular complexity index is 321. The topological polar surface area (TPSA) is 55.8 Å². The van der Waals surface area contributed by atoms with Gasteiger partial charge >= 0.3 is 12.1 Å². The van der Waals surface area contributed by atoms with E-state index in [2.05, 4.69) is 0 Å². The first kappa shape index (κ1) is 14.8. The minimum atomic E-state index is -0.515. The number of esters is 1. The van der Waals surface area contributed by atoms with Crippen molar-refractivity contribution in [2.75, 3.05) is 13.7 Å². The molecule has 0 spiro atoms. The quantitative estimate of drug-likeness (QED) is 0.712. The molecule has 1 amide bonds. The third-order valence-corrected chi connectivity index (χ3v) is 3.08. The second-order valence-corrected chi connectivity index (χ2v) is 5.70. The molecule has 2 unspecified atom stereocenters. The summed E-state index contributed by atoms with van der Waals surface area (Å²) in [4.78, 5) is 25.2. The first-order valence-corrected chi connectivity index (χ1v) is 6.33. The van der Waals surface area contributed by atoms with E-state index in [0.29, 0.717) is 6.54 Å². The van der Waals surface area contributed by atoms with Crippen LogP contribution >= 0.6 is 0 Å². The lowest BCUT2D eigenvalue weighted by Gasteiger charge is -2.30. The van der Waals surface area contributed by atoms with Crippen molar-refractivity contribution in [3.63, 3.8) is 0 Å². The Morgan fingerprint density at radius 3 is 2.44 bits per heavy atom. The molecule has 5 heteroatoms. The van der Waals surface area contributed by atoms with Crippen LogP contribution in [0.2, 0.25) is 0 Å². The molecular weight excluding hydrogens is 234 g/mol. The minimum absolute atomic E-state index is 0.118. The fourth-order valence-electron chi connectivity index (χ4n) is 2.20. The maximum absolute atomic E-state index is 12.0. The molecule has 0 aliphatic carbocycles. The molecule has 1 fully saturated rings. The van der Waals surface area contributed by atoms with Crippen LogP contribution in [0.3, 0.4) is 0 Å². The van der Waals surface area contributed by atoms with Gasteiger partial charge in [-0.1, -0.05) is 0 Å². The summed E-state index contributed by atoms with van der Waals surface area (Å²) in [6.07, 6.45) is 1.36. The smallest absolute Gasteiger partial charge is 0.410 e. The highest BCUT2D eigenvalue weighted by Gasteiger charge is 2.38. The van der Waals surface area contributed by atoms with Gasteiger partial charge in [-0.3, -0.25) is 4.79 Å². The standard InChI is InChI=1S/C13H23NO4/c1-9(11(15)17-5)10-7-6-8-14(10)12(16)18-13(2,3)4/h9-10H,6-8H2,1-5H3. The van der Waals surface area contributed by atoms with Gasteiger partial charge in [0.05, 0.1) is 13.0 Å². The number of carbonyl (C=O) groups is 2. The predicted octanol–water partition coefficient (Wildman–Crippen LogP) is 2.20. The van der Waals surface area contributed by atoms with Crippen molar-refractivity contribution >= 4 is 12.1 Å². The van der Waals surface area contributed by atoms with Crippen molar-refractivity contribution in [2.24, 2.45) is 5.92 Å². The number of rotatable bonds is 2. The fraction of sp³-hybridized carbons (Fsp3) is 0.846. The summed E-state index contributed by atoms with van der Waals surface area (Å²) in [6.45, 7) is 7.93. The summed E-state index contributed by atoms with van der Waals surface area (Å²) in [7, 11) is 1.37. The molecule has 0 aromatic heterocycles. The second kappa shape index (κ2) is 5.59. The first-order chi connectivity index (χ1) is 8.26. The van der Waals surface area contributed by atoms with Gasteiger partial charge in [-0.15, -0.1) is 0 Å². The Morgan fingerprint density at radius 2 is 1.94 bits per heavy atom. The van der Waals surface area contributed by atoms with Crippen LogP contribution in [-0.4, -0.2) is 42.3 Å². The van der Waals surface area contributed by atoms with Gasteiger partial charge in [0.2, 0.25) is 0 Å². The Kier molecular flexibility index (Phi) is 4.59. The van der Waals surface area contributed by atoms with Crippen molar-refractivity contribution < 1.29 is 19.1 Å². The number of hydrogen-bond acceptors (Lipinski definition) is 4. The van der Waals surface area contributed by atoms with Gasteiger partial charge in [0.15, 0.2) is 0 Å². The van der Waals surface area contributed by atoms with Gasteiger partial charge in [-0.2, -0.15) is 0 Å². The number of likely N-dealkylation sites (tertiary alicyclic amines) is 1. The molecule has 1 aliphatic heterocycles. The number of carbonyl (C=O) groups excluding carboxylic acids is 2. The zero-order valence-electron chi connectivity index (χ0n) is 11.9. The number of nitrogens with zero attached hydrogens (tertiary/aromatic N) is 1. The van der Waals surface area contributed by atoms with E-state index in [9.17, 15) is 9.59 Å². The summed E-state index contributed by atoms with van der Waals surface area (Å²) in [5.41, 5.74) is -0.515. The Balaban J connectivity index is 2.70. The Hall–Kier alpha value is -1.26. The zero-order valence-corrected chi connectivity index (χ0v) is 11.9. The zero-order chi connectivity index (χ0) is 13.9. The fourth-order valence-corrected chi connectivity index (χ4v) is 2.20. The average Bonchev–Trinajstić information content (AvgIpc) is 2.73. The molecule has 1 saturated heterocycles. The van der Waals surface area contributed by atoms with Crippen molar-refractivity contribution in [2.45, 2.75) is 52.2 Å². The third kappa shape index (κ3) is 3.62. The summed E-state index contributed by atoms with van der Waals surface area (Å²) in [5.74, 6) is -0.597. The Labute approximate surface area is 108 Å². The molecule has 0 N–H and O–H groups in total. The van der Waals surface area contributed by atoms with E-state index in [1.807, 2.05) is 20.8 Å². The monoisotopic (exact) mass is 257 g/mol. The van der Waals surface area contributed by atoms with Crippen molar-refractivity contribution in [1.82, 2.24) is 4.90 Å². The normalized spacial score (nSPS) is 21.6. The highest BCUT2D eigenvalue weighted by atomic mass is 16.6. The highest BCUT2D eigenvalue weighted by Crippen LogP contribution is 2.26. The van der Waals surface area contributed by atoms with Crippen LogP contribution in [0.5, 0.6) is 0 Å². The maximum Gasteiger partial charge on any atom is 0.410 e. The SMILES string of the molecule is COC(=O)C(C)C1CCCN1C(=O)OC(C)(C)C. The van der Waals surface area contributed by atoms with Crippen LogP contribution in [0.15, 0.2) is 0 Å². The maximum atomic E-state index is 12.0. The van der Waals surface area contributed by atoms with E-state index in [4.69, 9.17) is 9.47 Å². The molecule has 0 aromatic rings. The van der Waals surface area contributed by atoms with E-state index in [1.54, 1.807) is 11.8 Å². The van der Waals surface area contributed by atoms with Gasteiger partial charge in [-0.05, 0) is 40.5 Å². The van der Waals surface area contributed by atoms with Crippen LogP contribution in [0.1, 0.15) is 40.5 Å². The van der Waals surface area contributed by atoms with Crippen molar-refractivity contribution in [3.05, 3.63) is 0 Å². The predicted molar refractivity (Wildman–Crippen MR) is 67.1 cm³/mol. The van der Waals surface area contributed by atoms with E-state index in [0.717, 1.165) is 12.8 Å². The molecule has 5 nitrogen and oxygen atoms in total. The molecule has 0 saturated carbocycles. The summed E-state index contributed by atoms with van der Waals surface area (Å²) < 4.78 is 10.1. The molecule has 0 radical (unpaired) electrons. The highest BCUT2D eigenvalue weighted by molar-refractivity contribution is 5.75. The van der Waals surface area contributed by atoms with Gasteiger partial charge in [0, 0.05) is 12.6 Å². The number of amides is 1. The van der Waals surface area contributed by atoms with E-state index in [-0.39, 0.29) is 24.0 Å². The van der Waals surface area contributed by atoms with Crippen LogP contribution < -0.4 is 0 Å². The van der Waals surface area contributed by atoms with Gasteiger partial charge in [0.25, 0.3) is 0 Å². The largest absolute Gasteiger partial charge is 0.469 e. The average molecular weight is 257 g/mol. The molecule has 1 rings (SSSR count). The molecule has 2 atom stereocenters. The van der Waals surface area contributed by atoms with E-state index >= 15 is 0 Å². The van der Waals surface area contributed by atoms with E-state index < -0.39 is 5.60 Å². The summed E-state index contributed by atoms with van der Waals surface area (Å²) >= 11 is 0. The van der Waals surface area contributed by atoms with Crippen LogP contribution in [-0.2, 0) is 14.3 Å². The van der Waals surface area contributed by atoms with Crippen molar-refractivity contribution in [1.29, 1.82) is 0 Å². The van der Waals surface area contributed by atoms with Crippen LogP contribution in [0, 0.1) is 5.92 Å². The lowest BCUT2D eigenvalue weighted by Crippen LogP contribution is -2.44. The summed E-state index contributed by atoms with van der Waals surface area (Å²) in [6, 6.07) is -0.118. The van der Waals surface area contributed by atoms with Crippen LogP contribution in [0.4, 0.5) is 4.79 Å². The van der Waals surface area contributed by atoms with Gasteiger partial charge in [-0.25, -0.2) is 4.79 Å².